The van der Waals surface area contributed by atoms with Gasteiger partial charge in [0.25, 0.3) is 5.91 Å². The van der Waals surface area contributed by atoms with Gasteiger partial charge in [0.15, 0.2) is 12.0 Å². The lowest BCUT2D eigenvalue weighted by Crippen LogP contribution is -2.55. The zero-order chi connectivity index (χ0) is 28.8. The monoisotopic (exact) mass is 546 g/mol. The minimum absolute atomic E-state index is 0.0648. The minimum Gasteiger partial charge on any atom is -0.455 e. The molecule has 2 unspecified atom stereocenters. The van der Waals surface area contributed by atoms with Crippen molar-refractivity contribution in [2.75, 3.05) is 27.7 Å². The summed E-state index contributed by atoms with van der Waals surface area (Å²) in [6.07, 6.45) is 8.62. The molecule has 0 bridgehead atoms. The molecule has 2 fully saturated rings. The maximum Gasteiger partial charge on any atom is 0.251 e. The lowest BCUT2D eigenvalue weighted by molar-refractivity contribution is -0.0352. The zero-order valence-corrected chi connectivity index (χ0v) is 23.8. The lowest BCUT2D eigenvalue weighted by Gasteiger charge is -2.40. The summed E-state index contributed by atoms with van der Waals surface area (Å²) in [4.78, 5) is 25.4. The van der Waals surface area contributed by atoms with E-state index in [0.29, 0.717) is 34.8 Å². The van der Waals surface area contributed by atoms with Crippen LogP contribution < -0.4 is 10.1 Å². The molecule has 6 rings (SSSR count). The van der Waals surface area contributed by atoms with Crippen LogP contribution in [-0.2, 0) is 4.74 Å². The number of hydrogen-bond acceptors (Lipinski definition) is 7. The third-order valence-corrected chi connectivity index (χ3v) is 7.72. The molecular weight excluding hydrogens is 508 g/mol. The van der Waals surface area contributed by atoms with Crippen LogP contribution in [0.4, 0.5) is 0 Å². The second-order valence-electron chi connectivity index (χ2n) is 10.2. The molecular formula is C31H38N4O5. The van der Waals surface area contributed by atoms with E-state index in [0.717, 1.165) is 34.7 Å². The number of fused-ring (bicyclic) bond motifs is 2. The van der Waals surface area contributed by atoms with Crippen LogP contribution in [0, 0.1) is 6.92 Å². The number of likely N-dealkylation sites (tertiary alicyclic amines) is 1. The van der Waals surface area contributed by atoms with Gasteiger partial charge in [0.2, 0.25) is 0 Å². The number of aliphatic hydroxyl groups is 1. The van der Waals surface area contributed by atoms with Gasteiger partial charge in [-0.25, -0.2) is 4.52 Å². The maximum atomic E-state index is 12.0. The van der Waals surface area contributed by atoms with E-state index < -0.39 is 0 Å². The van der Waals surface area contributed by atoms with E-state index in [4.69, 9.17) is 14.6 Å². The Kier molecular flexibility index (Phi) is 9.52. The largest absolute Gasteiger partial charge is 0.455 e. The van der Waals surface area contributed by atoms with Gasteiger partial charge in [-0.15, -0.1) is 0 Å². The molecule has 2 aromatic heterocycles. The first kappa shape index (κ1) is 29.2. The molecule has 212 valence electrons. The molecule has 0 spiro atoms. The SMILES string of the molecule is CC1C(O)CN1C.CNC(=O)c1cccc2cc(Oc3ccnn4cc(C=O)c(C)c34)ccc12.COC1CCC1. The van der Waals surface area contributed by atoms with E-state index in [9.17, 15) is 9.59 Å². The van der Waals surface area contributed by atoms with Gasteiger partial charge in [0, 0.05) is 50.1 Å². The summed E-state index contributed by atoms with van der Waals surface area (Å²) in [7, 11) is 5.40. The molecule has 2 aliphatic rings. The van der Waals surface area contributed by atoms with Gasteiger partial charge in [0.1, 0.15) is 11.3 Å². The van der Waals surface area contributed by atoms with E-state index in [1.807, 2.05) is 51.2 Å². The van der Waals surface area contributed by atoms with Crippen molar-refractivity contribution in [2.24, 2.45) is 0 Å². The summed E-state index contributed by atoms with van der Waals surface area (Å²) < 4.78 is 12.7. The number of likely N-dealkylation sites (N-methyl/N-ethyl adjacent to an activating group) is 1. The molecule has 3 heterocycles. The Balaban J connectivity index is 0.000000232. The molecule has 0 radical (unpaired) electrons. The van der Waals surface area contributed by atoms with Crippen LogP contribution in [0.2, 0.25) is 0 Å². The molecule has 1 saturated carbocycles. The summed E-state index contributed by atoms with van der Waals surface area (Å²) >= 11 is 0. The molecule has 2 aromatic carbocycles. The van der Waals surface area contributed by atoms with Crippen molar-refractivity contribution in [3.63, 3.8) is 0 Å². The number of methoxy groups -OCH3 is 1. The predicted molar refractivity (Wildman–Crippen MR) is 155 cm³/mol. The number of nitrogens with one attached hydrogen (secondary N) is 1. The molecule has 9 nitrogen and oxygen atoms in total. The number of aryl methyl sites for hydroxylation is 1. The van der Waals surface area contributed by atoms with Gasteiger partial charge in [0.05, 0.1) is 18.4 Å². The number of hydrogen-bond donors (Lipinski definition) is 2. The van der Waals surface area contributed by atoms with Crippen LogP contribution in [0.3, 0.4) is 0 Å². The Labute approximate surface area is 234 Å². The van der Waals surface area contributed by atoms with Crippen LogP contribution in [-0.4, -0.2) is 77.8 Å². The van der Waals surface area contributed by atoms with E-state index >= 15 is 0 Å². The third-order valence-electron chi connectivity index (χ3n) is 7.72. The fraction of sp³-hybridized carbons (Fsp3) is 0.387. The first-order valence-electron chi connectivity index (χ1n) is 13.5. The first-order chi connectivity index (χ1) is 19.3. The normalized spacial score (nSPS) is 18.4. The van der Waals surface area contributed by atoms with Crippen LogP contribution >= 0.6 is 0 Å². The molecule has 1 aliphatic carbocycles. The average molecular weight is 547 g/mol. The van der Waals surface area contributed by atoms with Crippen LogP contribution in [0.25, 0.3) is 16.3 Å². The van der Waals surface area contributed by atoms with Gasteiger partial charge >= 0.3 is 0 Å². The molecule has 1 saturated heterocycles. The smallest absolute Gasteiger partial charge is 0.251 e. The number of nitrogens with zero attached hydrogens (tertiary/aromatic N) is 3. The Bertz CT molecular complexity index is 1470. The van der Waals surface area contributed by atoms with Crippen molar-refractivity contribution in [3.8, 4) is 11.5 Å². The standard InChI is InChI=1S/C21H17N3O3.C5H11NO.C5H10O/c1-13-15(12-25)11-24-20(13)19(8-9-23-24)27-16-6-7-17-14(10-16)4-3-5-18(17)21(26)22-2;1-4-5(7)3-6(4)2;1-6-5-3-2-4-5/h3-12H,1-2H3,(H,22,26);4-5,7H,3H2,1-2H3;5H,2-4H2,1H3. The van der Waals surface area contributed by atoms with Crippen molar-refractivity contribution in [1.29, 1.82) is 0 Å². The van der Waals surface area contributed by atoms with Crippen molar-refractivity contribution in [3.05, 3.63) is 71.5 Å². The quantitative estimate of drug-likeness (QED) is 0.352. The highest BCUT2D eigenvalue weighted by molar-refractivity contribution is 6.07. The van der Waals surface area contributed by atoms with E-state index in [2.05, 4.69) is 15.3 Å². The molecule has 2 N–H and O–H groups in total. The Morgan fingerprint density at radius 3 is 2.50 bits per heavy atom. The minimum atomic E-state index is -0.129. The molecule has 1 aliphatic heterocycles. The number of amides is 1. The second-order valence-corrected chi connectivity index (χ2v) is 10.2. The van der Waals surface area contributed by atoms with Crippen molar-refractivity contribution < 1.29 is 24.2 Å². The maximum absolute atomic E-state index is 12.0. The summed E-state index contributed by atoms with van der Waals surface area (Å²) in [6.45, 7) is 4.74. The van der Waals surface area contributed by atoms with Gasteiger partial charge < -0.3 is 19.9 Å². The fourth-order valence-corrected chi connectivity index (χ4v) is 4.60. The highest BCUT2D eigenvalue weighted by Gasteiger charge is 2.29. The first-order valence-corrected chi connectivity index (χ1v) is 13.5. The number of carbonyl (C=O) groups is 2. The Morgan fingerprint density at radius 2 is 1.98 bits per heavy atom. The molecule has 4 aromatic rings. The number of carbonyl (C=O) groups excluding carboxylic acids is 2. The van der Waals surface area contributed by atoms with Crippen LogP contribution in [0.1, 0.15) is 52.5 Å². The summed E-state index contributed by atoms with van der Waals surface area (Å²) in [5.41, 5.74) is 2.76. The molecule has 2 atom stereocenters. The third kappa shape index (κ3) is 6.33. The van der Waals surface area contributed by atoms with Crippen molar-refractivity contribution in [2.45, 2.75) is 51.4 Å². The van der Waals surface area contributed by atoms with Crippen LogP contribution in [0.5, 0.6) is 11.5 Å². The number of ether oxygens (including phenoxy) is 2. The van der Waals surface area contributed by atoms with E-state index in [1.165, 1.54) is 19.3 Å². The highest BCUT2D eigenvalue weighted by Crippen LogP contribution is 2.32. The van der Waals surface area contributed by atoms with Crippen molar-refractivity contribution in [1.82, 2.24) is 19.8 Å². The van der Waals surface area contributed by atoms with E-state index in [1.54, 1.807) is 43.2 Å². The zero-order valence-electron chi connectivity index (χ0n) is 23.8. The lowest BCUT2D eigenvalue weighted by atomic mass is 9.96. The number of aldehydes is 1. The summed E-state index contributed by atoms with van der Waals surface area (Å²) in [6, 6.07) is 13.3. The van der Waals surface area contributed by atoms with Crippen molar-refractivity contribution >= 4 is 28.5 Å². The molecule has 1 amide bonds. The van der Waals surface area contributed by atoms with Gasteiger partial charge in [-0.1, -0.05) is 12.1 Å². The average Bonchev–Trinajstić information content (AvgIpc) is 3.28. The second kappa shape index (κ2) is 13.0. The summed E-state index contributed by atoms with van der Waals surface area (Å²) in [5, 5.41) is 17.5. The number of aromatic nitrogens is 2. The van der Waals surface area contributed by atoms with Crippen LogP contribution in [0.15, 0.2) is 54.9 Å². The molecule has 40 heavy (non-hydrogen) atoms. The number of β-amino-alcohol motifs (C(OH)–C–C–N with tert-alkyl or cyclic N) is 1. The number of aliphatic hydroxyl groups excluding tert-OH is 1. The van der Waals surface area contributed by atoms with Gasteiger partial charge in [-0.3, -0.25) is 14.5 Å². The Hall–Kier alpha value is -3.79. The molecule has 9 heteroatoms. The van der Waals surface area contributed by atoms with Gasteiger partial charge in [-0.05, 0) is 80.8 Å². The highest BCUT2D eigenvalue weighted by atomic mass is 16.5. The van der Waals surface area contributed by atoms with Gasteiger partial charge in [-0.2, -0.15) is 5.10 Å². The Morgan fingerprint density at radius 1 is 1.20 bits per heavy atom. The van der Waals surface area contributed by atoms with E-state index in [-0.39, 0.29) is 12.0 Å². The predicted octanol–water partition coefficient (Wildman–Crippen LogP) is 4.63. The topological polar surface area (TPSA) is 105 Å². The fourth-order valence-electron chi connectivity index (χ4n) is 4.60. The summed E-state index contributed by atoms with van der Waals surface area (Å²) in [5.74, 6) is 1.12. The number of rotatable bonds is 5. The number of benzene rings is 2.